The third kappa shape index (κ3) is 2.17. The highest BCUT2D eigenvalue weighted by Crippen LogP contribution is 2.22. The first-order valence-corrected chi connectivity index (χ1v) is 4.50. The Morgan fingerprint density at radius 1 is 1.55 bits per heavy atom. The Morgan fingerprint density at radius 3 is 2.64 bits per heavy atom. The minimum Gasteiger partial charge on any atom is -0.385 e. The molecule has 66 valence electrons. The van der Waals surface area contributed by atoms with Crippen molar-refractivity contribution in [2.24, 2.45) is 0 Å². The zero-order chi connectivity index (χ0) is 8.27. The third-order valence-electron chi connectivity index (χ3n) is 2.51. The smallest absolute Gasteiger partial charge is 0.0477 e. The maximum absolute atomic E-state index is 5.05. The van der Waals surface area contributed by atoms with Gasteiger partial charge in [-0.15, -0.1) is 0 Å². The highest BCUT2D eigenvalue weighted by Gasteiger charge is 2.28. The predicted octanol–water partition coefficient (Wildman–Crippen LogP) is 1.51. The van der Waals surface area contributed by atoms with Crippen molar-refractivity contribution in [3.63, 3.8) is 0 Å². The molecule has 0 amide bonds. The van der Waals surface area contributed by atoms with Gasteiger partial charge in [0, 0.05) is 32.3 Å². The Bertz CT molecular complexity index is 114. The van der Waals surface area contributed by atoms with Crippen molar-refractivity contribution >= 4 is 0 Å². The van der Waals surface area contributed by atoms with Gasteiger partial charge in [-0.2, -0.15) is 0 Å². The lowest BCUT2D eigenvalue weighted by Crippen LogP contribution is -2.51. The number of rotatable bonds is 4. The maximum atomic E-state index is 5.05. The molecule has 1 unspecified atom stereocenters. The molecule has 0 saturated carbocycles. The van der Waals surface area contributed by atoms with Crippen LogP contribution in [0.3, 0.4) is 0 Å². The first kappa shape index (κ1) is 9.01. The van der Waals surface area contributed by atoms with E-state index in [0.29, 0.717) is 6.04 Å². The van der Waals surface area contributed by atoms with Crippen LogP contribution >= 0.6 is 0 Å². The Kier molecular flexibility index (Phi) is 3.34. The molecule has 1 aliphatic heterocycles. The van der Waals surface area contributed by atoms with E-state index in [1.165, 1.54) is 19.4 Å². The molecule has 1 aliphatic rings. The maximum Gasteiger partial charge on any atom is 0.0477 e. The van der Waals surface area contributed by atoms with Crippen molar-refractivity contribution in [3.8, 4) is 0 Å². The first-order valence-electron chi connectivity index (χ1n) is 4.50. The van der Waals surface area contributed by atoms with E-state index >= 15 is 0 Å². The lowest BCUT2D eigenvalue weighted by molar-refractivity contribution is 0.0328. The molecule has 1 fully saturated rings. The van der Waals surface area contributed by atoms with Crippen molar-refractivity contribution < 1.29 is 4.74 Å². The van der Waals surface area contributed by atoms with Crippen LogP contribution in [0.25, 0.3) is 0 Å². The summed E-state index contributed by atoms with van der Waals surface area (Å²) in [5.74, 6) is 0. The van der Waals surface area contributed by atoms with Crippen LogP contribution in [0.5, 0.6) is 0 Å². The highest BCUT2D eigenvalue weighted by molar-refractivity contribution is 4.84. The highest BCUT2D eigenvalue weighted by atomic mass is 16.5. The Labute approximate surface area is 69.5 Å². The molecular formula is C9H19NO. The van der Waals surface area contributed by atoms with Gasteiger partial charge in [0.15, 0.2) is 0 Å². The van der Waals surface area contributed by atoms with Crippen LogP contribution in [0.15, 0.2) is 0 Å². The molecule has 0 bridgehead atoms. The zero-order valence-electron chi connectivity index (χ0n) is 7.84. The topological polar surface area (TPSA) is 12.5 Å². The summed E-state index contributed by atoms with van der Waals surface area (Å²) in [6.45, 7) is 6.72. The molecule has 0 aromatic heterocycles. The van der Waals surface area contributed by atoms with Gasteiger partial charge < -0.3 is 4.74 Å². The summed E-state index contributed by atoms with van der Waals surface area (Å²) in [6, 6.07) is 1.51. The molecule has 1 heterocycles. The minimum atomic E-state index is 0.714. The van der Waals surface area contributed by atoms with Crippen LogP contribution in [0.4, 0.5) is 0 Å². The molecule has 1 atom stereocenters. The van der Waals surface area contributed by atoms with E-state index in [9.17, 15) is 0 Å². The van der Waals surface area contributed by atoms with Crippen LogP contribution < -0.4 is 0 Å². The van der Waals surface area contributed by atoms with Crippen molar-refractivity contribution in [1.82, 2.24) is 4.90 Å². The van der Waals surface area contributed by atoms with Crippen LogP contribution in [0, 0.1) is 0 Å². The standard InChI is InChI=1S/C9H19NO/c1-8(2)10-6-4-9(10)5-7-11-3/h8-9H,4-7H2,1-3H3. The molecule has 0 radical (unpaired) electrons. The van der Waals surface area contributed by atoms with E-state index in [1.54, 1.807) is 7.11 Å². The quantitative estimate of drug-likeness (QED) is 0.613. The van der Waals surface area contributed by atoms with Crippen LogP contribution in [-0.2, 0) is 4.74 Å². The Balaban J connectivity index is 2.15. The van der Waals surface area contributed by atoms with E-state index in [1.807, 2.05) is 0 Å². The molecule has 2 heteroatoms. The number of hydrogen-bond donors (Lipinski definition) is 0. The zero-order valence-corrected chi connectivity index (χ0v) is 7.84. The summed E-state index contributed by atoms with van der Waals surface area (Å²) in [4.78, 5) is 2.54. The van der Waals surface area contributed by atoms with Gasteiger partial charge >= 0.3 is 0 Å². The third-order valence-corrected chi connectivity index (χ3v) is 2.51. The molecule has 0 aromatic rings. The molecule has 1 saturated heterocycles. The van der Waals surface area contributed by atoms with Gasteiger partial charge in [-0.05, 0) is 26.7 Å². The van der Waals surface area contributed by atoms with Crippen molar-refractivity contribution in [2.75, 3.05) is 20.3 Å². The van der Waals surface area contributed by atoms with Crippen molar-refractivity contribution in [3.05, 3.63) is 0 Å². The molecule has 0 aromatic carbocycles. The Hall–Kier alpha value is -0.0800. The molecule has 11 heavy (non-hydrogen) atoms. The second kappa shape index (κ2) is 4.07. The second-order valence-electron chi connectivity index (χ2n) is 3.56. The molecule has 1 rings (SSSR count). The van der Waals surface area contributed by atoms with Crippen LogP contribution in [-0.4, -0.2) is 37.2 Å². The molecule has 0 aliphatic carbocycles. The summed E-state index contributed by atoms with van der Waals surface area (Å²) in [6.07, 6.45) is 2.57. The number of likely N-dealkylation sites (tertiary alicyclic amines) is 1. The lowest BCUT2D eigenvalue weighted by Gasteiger charge is -2.44. The number of methoxy groups -OCH3 is 1. The fourth-order valence-electron chi connectivity index (χ4n) is 1.70. The Morgan fingerprint density at radius 2 is 2.27 bits per heavy atom. The number of ether oxygens (including phenoxy) is 1. The fraction of sp³-hybridized carbons (Fsp3) is 1.00. The summed E-state index contributed by atoms with van der Waals surface area (Å²) in [7, 11) is 1.78. The summed E-state index contributed by atoms with van der Waals surface area (Å²) >= 11 is 0. The number of hydrogen-bond acceptors (Lipinski definition) is 2. The average molecular weight is 157 g/mol. The van der Waals surface area contributed by atoms with E-state index in [-0.39, 0.29) is 0 Å². The molecule has 0 N–H and O–H groups in total. The van der Waals surface area contributed by atoms with Gasteiger partial charge in [0.2, 0.25) is 0 Å². The number of nitrogens with zero attached hydrogens (tertiary/aromatic N) is 1. The minimum absolute atomic E-state index is 0.714. The van der Waals surface area contributed by atoms with E-state index in [0.717, 1.165) is 12.6 Å². The van der Waals surface area contributed by atoms with E-state index in [2.05, 4.69) is 18.7 Å². The van der Waals surface area contributed by atoms with Crippen LogP contribution in [0.1, 0.15) is 26.7 Å². The van der Waals surface area contributed by atoms with Crippen LogP contribution in [0.2, 0.25) is 0 Å². The summed E-state index contributed by atoms with van der Waals surface area (Å²) in [5, 5.41) is 0. The monoisotopic (exact) mass is 157 g/mol. The average Bonchev–Trinajstić information content (AvgIpc) is 1.84. The largest absolute Gasteiger partial charge is 0.385 e. The van der Waals surface area contributed by atoms with Gasteiger partial charge in [-0.3, -0.25) is 4.90 Å². The molecule has 0 spiro atoms. The lowest BCUT2D eigenvalue weighted by atomic mass is 9.98. The SMILES string of the molecule is COCCC1CCN1C(C)C. The van der Waals surface area contributed by atoms with E-state index < -0.39 is 0 Å². The summed E-state index contributed by atoms with van der Waals surface area (Å²) in [5.41, 5.74) is 0. The van der Waals surface area contributed by atoms with Gasteiger partial charge in [0.1, 0.15) is 0 Å². The first-order chi connectivity index (χ1) is 5.25. The van der Waals surface area contributed by atoms with Crippen molar-refractivity contribution in [1.29, 1.82) is 0 Å². The predicted molar refractivity (Wildman–Crippen MR) is 46.7 cm³/mol. The van der Waals surface area contributed by atoms with Gasteiger partial charge in [-0.25, -0.2) is 0 Å². The molecule has 2 nitrogen and oxygen atoms in total. The van der Waals surface area contributed by atoms with Gasteiger partial charge in [-0.1, -0.05) is 0 Å². The summed E-state index contributed by atoms with van der Waals surface area (Å²) < 4.78 is 5.05. The van der Waals surface area contributed by atoms with Gasteiger partial charge in [0.25, 0.3) is 0 Å². The van der Waals surface area contributed by atoms with E-state index in [4.69, 9.17) is 4.74 Å². The molecular weight excluding hydrogens is 138 g/mol. The van der Waals surface area contributed by atoms with Gasteiger partial charge in [0.05, 0.1) is 0 Å². The van der Waals surface area contributed by atoms with Crippen molar-refractivity contribution in [2.45, 2.75) is 38.8 Å². The second-order valence-corrected chi connectivity index (χ2v) is 3.56. The fourth-order valence-corrected chi connectivity index (χ4v) is 1.70. The normalized spacial score (nSPS) is 25.6.